The summed E-state index contributed by atoms with van der Waals surface area (Å²) in [5.41, 5.74) is 0.847. The fourth-order valence-corrected chi connectivity index (χ4v) is 2.29. The maximum atomic E-state index is 12.8. The van der Waals surface area contributed by atoms with Crippen LogP contribution in [0.5, 0.6) is 0 Å². The Labute approximate surface area is 109 Å². The van der Waals surface area contributed by atoms with Gasteiger partial charge in [0.15, 0.2) is 0 Å². The summed E-state index contributed by atoms with van der Waals surface area (Å²) in [5, 5.41) is 2.53. The van der Waals surface area contributed by atoms with Gasteiger partial charge in [0, 0.05) is 24.8 Å². The fraction of sp³-hybridized carbons (Fsp3) is 0.538. The van der Waals surface area contributed by atoms with E-state index in [1.807, 2.05) is 4.90 Å². The van der Waals surface area contributed by atoms with Crippen LogP contribution in [0.4, 0.5) is 23.2 Å². The molecule has 1 saturated heterocycles. The van der Waals surface area contributed by atoms with Crippen molar-refractivity contribution in [3.05, 3.63) is 30.1 Å². The molecule has 0 bridgehead atoms. The molecule has 1 atom stereocenters. The van der Waals surface area contributed by atoms with E-state index >= 15 is 0 Å². The van der Waals surface area contributed by atoms with Crippen molar-refractivity contribution in [1.82, 2.24) is 5.32 Å². The molecule has 2 rings (SSSR count). The Morgan fingerprint density at radius 3 is 2.53 bits per heavy atom. The first kappa shape index (κ1) is 14.1. The smallest absolute Gasteiger partial charge is 0.370 e. The van der Waals surface area contributed by atoms with Crippen molar-refractivity contribution in [3.63, 3.8) is 0 Å². The number of piperidine rings is 1. The number of nitrogens with zero attached hydrogens (tertiary/aromatic N) is 1. The number of hydrogen-bond donors (Lipinski definition) is 1. The minimum Gasteiger partial charge on any atom is -0.370 e. The molecule has 0 saturated carbocycles. The fourth-order valence-electron chi connectivity index (χ4n) is 2.29. The van der Waals surface area contributed by atoms with E-state index in [2.05, 4.69) is 5.32 Å². The van der Waals surface area contributed by atoms with E-state index in [1.54, 1.807) is 12.1 Å². The summed E-state index contributed by atoms with van der Waals surface area (Å²) < 4.78 is 49.3. The van der Waals surface area contributed by atoms with Crippen molar-refractivity contribution in [2.75, 3.05) is 24.5 Å². The van der Waals surface area contributed by atoms with Crippen molar-refractivity contribution in [2.24, 2.45) is 0 Å². The zero-order chi connectivity index (χ0) is 13.9. The molecular formula is C13H16F4N2. The van der Waals surface area contributed by atoms with Crippen LogP contribution in [0.2, 0.25) is 0 Å². The van der Waals surface area contributed by atoms with Crippen LogP contribution in [0, 0.1) is 5.82 Å². The zero-order valence-corrected chi connectivity index (χ0v) is 10.4. The lowest BCUT2D eigenvalue weighted by molar-refractivity contribution is -0.126. The molecule has 0 amide bonds. The quantitative estimate of drug-likeness (QED) is 0.854. The topological polar surface area (TPSA) is 15.3 Å². The highest BCUT2D eigenvalue weighted by Gasteiger charge is 2.29. The van der Waals surface area contributed by atoms with Crippen molar-refractivity contribution in [1.29, 1.82) is 0 Å². The summed E-state index contributed by atoms with van der Waals surface area (Å²) >= 11 is 0. The molecule has 1 N–H and O–H groups in total. The Bertz CT molecular complexity index is 402. The number of rotatable bonds is 3. The first-order valence-electron chi connectivity index (χ1n) is 6.25. The van der Waals surface area contributed by atoms with E-state index in [0.29, 0.717) is 6.54 Å². The Hall–Kier alpha value is -1.30. The average molecular weight is 276 g/mol. The zero-order valence-electron chi connectivity index (χ0n) is 10.4. The van der Waals surface area contributed by atoms with Gasteiger partial charge in [0.05, 0.1) is 6.54 Å². The maximum Gasteiger partial charge on any atom is 0.401 e. The third kappa shape index (κ3) is 4.38. The summed E-state index contributed by atoms with van der Waals surface area (Å²) in [4.78, 5) is 1.98. The van der Waals surface area contributed by atoms with Gasteiger partial charge in [-0.1, -0.05) is 0 Å². The van der Waals surface area contributed by atoms with Crippen molar-refractivity contribution in [3.8, 4) is 0 Å². The van der Waals surface area contributed by atoms with Crippen LogP contribution < -0.4 is 10.2 Å². The molecule has 0 aromatic heterocycles. The molecule has 1 heterocycles. The lowest BCUT2D eigenvalue weighted by Gasteiger charge is -2.35. The standard InChI is InChI=1S/C13H16F4N2/c14-10-3-5-12(6-4-10)19-7-1-2-11(8-19)18-9-13(15,16)17/h3-6,11,18H,1-2,7-9H2. The van der Waals surface area contributed by atoms with E-state index < -0.39 is 12.7 Å². The van der Waals surface area contributed by atoms with Crippen LogP contribution in [0.25, 0.3) is 0 Å². The van der Waals surface area contributed by atoms with Gasteiger partial charge in [0.2, 0.25) is 0 Å². The highest BCUT2D eigenvalue weighted by molar-refractivity contribution is 5.46. The van der Waals surface area contributed by atoms with Crippen LogP contribution >= 0.6 is 0 Å². The third-order valence-electron chi connectivity index (χ3n) is 3.20. The molecule has 6 heteroatoms. The van der Waals surface area contributed by atoms with E-state index in [1.165, 1.54) is 12.1 Å². The van der Waals surface area contributed by atoms with Crippen LogP contribution in [0.1, 0.15) is 12.8 Å². The first-order valence-corrected chi connectivity index (χ1v) is 6.25. The van der Waals surface area contributed by atoms with Gasteiger partial charge in [-0.15, -0.1) is 0 Å². The molecule has 1 aromatic rings. The maximum absolute atomic E-state index is 12.8. The van der Waals surface area contributed by atoms with Gasteiger partial charge >= 0.3 is 6.18 Å². The van der Waals surface area contributed by atoms with Gasteiger partial charge in [-0.2, -0.15) is 13.2 Å². The molecule has 1 aliphatic rings. The number of alkyl halides is 3. The lowest BCUT2D eigenvalue weighted by Crippen LogP contribution is -2.48. The minimum atomic E-state index is -4.18. The average Bonchev–Trinajstić information content (AvgIpc) is 2.37. The largest absolute Gasteiger partial charge is 0.401 e. The minimum absolute atomic E-state index is 0.180. The van der Waals surface area contributed by atoms with E-state index in [4.69, 9.17) is 0 Å². The van der Waals surface area contributed by atoms with Gasteiger partial charge < -0.3 is 10.2 Å². The molecule has 1 aromatic carbocycles. The van der Waals surface area contributed by atoms with Crippen LogP contribution in [0.3, 0.4) is 0 Å². The van der Waals surface area contributed by atoms with Gasteiger partial charge in [-0.25, -0.2) is 4.39 Å². The second kappa shape index (κ2) is 5.77. The van der Waals surface area contributed by atoms with Gasteiger partial charge in [0.1, 0.15) is 5.82 Å². The second-order valence-electron chi connectivity index (χ2n) is 4.76. The number of hydrogen-bond acceptors (Lipinski definition) is 2. The summed E-state index contributed by atoms with van der Waals surface area (Å²) in [6.07, 6.45) is -2.63. The molecule has 1 fully saturated rings. The molecule has 1 unspecified atom stereocenters. The molecule has 1 aliphatic heterocycles. The second-order valence-corrected chi connectivity index (χ2v) is 4.76. The molecule has 19 heavy (non-hydrogen) atoms. The Balaban J connectivity index is 1.91. The summed E-state index contributed by atoms with van der Waals surface area (Å²) in [6.45, 7) is 0.340. The van der Waals surface area contributed by atoms with E-state index in [9.17, 15) is 17.6 Å². The summed E-state index contributed by atoms with van der Waals surface area (Å²) in [7, 11) is 0. The molecular weight excluding hydrogens is 260 g/mol. The molecule has 0 radical (unpaired) electrons. The van der Waals surface area contributed by atoms with Crippen LogP contribution in [0.15, 0.2) is 24.3 Å². The molecule has 106 valence electrons. The SMILES string of the molecule is Fc1ccc(N2CCCC(NCC(F)(F)F)C2)cc1. The van der Waals surface area contributed by atoms with Crippen molar-refractivity contribution >= 4 is 5.69 Å². The third-order valence-corrected chi connectivity index (χ3v) is 3.20. The van der Waals surface area contributed by atoms with E-state index in [0.717, 1.165) is 25.1 Å². The van der Waals surface area contributed by atoms with Gasteiger partial charge in [-0.05, 0) is 37.1 Å². The number of benzene rings is 1. The highest BCUT2D eigenvalue weighted by Crippen LogP contribution is 2.21. The number of halogens is 4. The van der Waals surface area contributed by atoms with E-state index in [-0.39, 0.29) is 11.9 Å². The van der Waals surface area contributed by atoms with Gasteiger partial charge in [-0.3, -0.25) is 0 Å². The summed E-state index contributed by atoms with van der Waals surface area (Å²) in [6, 6.07) is 5.85. The number of anilines is 1. The highest BCUT2D eigenvalue weighted by atomic mass is 19.4. The van der Waals surface area contributed by atoms with Crippen molar-refractivity contribution in [2.45, 2.75) is 25.1 Å². The predicted octanol–water partition coefficient (Wildman–Crippen LogP) is 2.95. The molecule has 0 aliphatic carbocycles. The van der Waals surface area contributed by atoms with Crippen LogP contribution in [-0.4, -0.2) is 31.9 Å². The Morgan fingerprint density at radius 1 is 1.21 bits per heavy atom. The number of nitrogens with one attached hydrogen (secondary N) is 1. The summed E-state index contributed by atoms with van der Waals surface area (Å²) in [5.74, 6) is -0.312. The predicted molar refractivity (Wildman–Crippen MR) is 65.7 cm³/mol. The van der Waals surface area contributed by atoms with Crippen LogP contribution in [-0.2, 0) is 0 Å². The Morgan fingerprint density at radius 2 is 1.89 bits per heavy atom. The van der Waals surface area contributed by atoms with Gasteiger partial charge in [0.25, 0.3) is 0 Å². The Kier molecular flexibility index (Phi) is 4.29. The monoisotopic (exact) mass is 276 g/mol. The molecule has 0 spiro atoms. The normalized spacial score (nSPS) is 20.6. The molecule has 2 nitrogen and oxygen atoms in total. The lowest BCUT2D eigenvalue weighted by atomic mass is 10.0. The van der Waals surface area contributed by atoms with Crippen molar-refractivity contribution < 1.29 is 17.6 Å². The first-order chi connectivity index (χ1) is 8.94.